The van der Waals surface area contributed by atoms with Crippen molar-refractivity contribution in [3.05, 3.63) is 91.0 Å². The van der Waals surface area contributed by atoms with Crippen LogP contribution in [0.15, 0.2) is 91.0 Å². The van der Waals surface area contributed by atoms with Crippen LogP contribution in [0.4, 0.5) is 0 Å². The predicted molar refractivity (Wildman–Crippen MR) is 105 cm³/mol. The third kappa shape index (κ3) is 5.12. The van der Waals surface area contributed by atoms with Crippen LogP contribution in [0.25, 0.3) is 0 Å². The van der Waals surface area contributed by atoms with E-state index in [0.29, 0.717) is 0 Å². The van der Waals surface area contributed by atoms with E-state index in [-0.39, 0.29) is 0 Å². The fourth-order valence-electron chi connectivity index (χ4n) is 2.34. The molecule has 0 radical (unpaired) electrons. The lowest BCUT2D eigenvalue weighted by Crippen LogP contribution is -2.43. The van der Waals surface area contributed by atoms with Gasteiger partial charge in [-0.15, -0.1) is 0 Å². The summed E-state index contributed by atoms with van der Waals surface area (Å²) in [5.41, 5.74) is 0. The van der Waals surface area contributed by atoms with Crippen LogP contribution in [0.2, 0.25) is 0 Å². The van der Waals surface area contributed by atoms with E-state index in [9.17, 15) is 0 Å². The minimum Gasteiger partial charge on any atom is -0.436 e. The van der Waals surface area contributed by atoms with Gasteiger partial charge in [0.2, 0.25) is 0 Å². The Morgan fingerprint density at radius 1 is 0.522 bits per heavy atom. The molecule has 0 saturated heterocycles. The molecule has 0 aliphatic carbocycles. The lowest BCUT2D eigenvalue weighted by Gasteiger charge is -2.18. The average molecular weight is 353 g/mol. The summed E-state index contributed by atoms with van der Waals surface area (Å²) < 4.78 is 12.7. The Bertz CT molecular complexity index is 650. The van der Waals surface area contributed by atoms with Crippen molar-refractivity contribution < 1.29 is 8.23 Å². The summed E-state index contributed by atoms with van der Waals surface area (Å²) in [6.07, 6.45) is 0. The largest absolute Gasteiger partial charge is 0.436 e. The molecule has 0 saturated carbocycles. The van der Waals surface area contributed by atoms with Gasteiger partial charge in [-0.2, -0.15) is 0 Å². The summed E-state index contributed by atoms with van der Waals surface area (Å²) in [6, 6.07) is 31.4. The van der Waals surface area contributed by atoms with E-state index in [4.69, 9.17) is 8.23 Å². The third-order valence-electron chi connectivity index (χ3n) is 3.56. The van der Waals surface area contributed by atoms with E-state index < -0.39 is 28.8 Å². The van der Waals surface area contributed by atoms with Gasteiger partial charge in [0.05, 0.1) is 0 Å². The number of rotatable bonds is 7. The fourth-order valence-corrected chi connectivity index (χ4v) is 9.35. The molecule has 0 spiro atoms. The fraction of sp³-hybridized carbons (Fsp3) is 0. The second-order valence-electron chi connectivity index (χ2n) is 5.34. The van der Waals surface area contributed by atoms with Gasteiger partial charge in [-0.25, -0.2) is 0 Å². The van der Waals surface area contributed by atoms with Gasteiger partial charge in [-0.3, -0.25) is 0 Å². The molecule has 2 nitrogen and oxygen atoms in total. The van der Waals surface area contributed by atoms with E-state index in [1.807, 2.05) is 18.2 Å². The van der Waals surface area contributed by atoms with Crippen molar-refractivity contribution >= 4 is 44.4 Å². The molecule has 23 heavy (non-hydrogen) atoms. The van der Waals surface area contributed by atoms with Crippen LogP contribution < -0.4 is 15.6 Å². The van der Waals surface area contributed by atoms with Crippen molar-refractivity contribution in [2.45, 2.75) is 0 Å². The van der Waals surface area contributed by atoms with Crippen molar-refractivity contribution in [3.63, 3.8) is 0 Å². The summed E-state index contributed by atoms with van der Waals surface area (Å²) in [7, 11) is -3.30. The Morgan fingerprint density at radius 3 is 1.35 bits per heavy atom. The van der Waals surface area contributed by atoms with Gasteiger partial charge in [0.15, 0.2) is 19.5 Å². The first-order chi connectivity index (χ1) is 11.4. The Balaban J connectivity index is 1.66. The molecular weight excluding hydrogens is 332 g/mol. The van der Waals surface area contributed by atoms with Crippen LogP contribution >= 0.6 is 0 Å². The molecule has 0 aromatic heterocycles. The van der Waals surface area contributed by atoms with E-state index in [1.54, 1.807) is 0 Å². The van der Waals surface area contributed by atoms with Crippen LogP contribution in [0.5, 0.6) is 0 Å². The molecule has 0 unspecified atom stereocenters. The van der Waals surface area contributed by atoms with E-state index >= 15 is 0 Å². The molecule has 0 fully saturated rings. The van der Waals surface area contributed by atoms with E-state index in [1.165, 1.54) is 15.6 Å². The molecule has 3 aromatic carbocycles. The van der Waals surface area contributed by atoms with Crippen molar-refractivity contribution in [2.75, 3.05) is 0 Å². The second kappa shape index (κ2) is 8.76. The molecule has 0 aliphatic heterocycles. The van der Waals surface area contributed by atoms with Crippen molar-refractivity contribution in [2.24, 2.45) is 0 Å². The molecule has 3 aromatic rings. The smallest absolute Gasteiger partial charge is 0.335 e. The maximum absolute atomic E-state index is 6.33. The van der Waals surface area contributed by atoms with Crippen LogP contribution in [-0.4, -0.2) is 28.8 Å². The van der Waals surface area contributed by atoms with E-state index in [2.05, 4.69) is 72.8 Å². The lowest BCUT2D eigenvalue weighted by atomic mass is 10.4. The van der Waals surface area contributed by atoms with Crippen molar-refractivity contribution in [3.8, 4) is 0 Å². The minimum absolute atomic E-state index is 0.744. The van der Waals surface area contributed by atoms with Gasteiger partial charge >= 0.3 is 9.28 Å². The standard InChI is InChI=1S/C18H20O2Si3/c1-4-10-16(11-5-1)21-19-23(18-14-8-3-9-15-18)20-22-17-12-6-2-7-13-17/h1-15,23H,21-22H2. The highest BCUT2D eigenvalue weighted by Crippen LogP contribution is 1.94. The van der Waals surface area contributed by atoms with Crippen LogP contribution in [0.1, 0.15) is 0 Å². The molecule has 0 amide bonds. The Kier molecular flexibility index (Phi) is 6.13. The van der Waals surface area contributed by atoms with Crippen molar-refractivity contribution in [1.29, 1.82) is 0 Å². The zero-order valence-corrected chi connectivity index (χ0v) is 17.0. The van der Waals surface area contributed by atoms with Crippen molar-refractivity contribution in [1.82, 2.24) is 0 Å². The van der Waals surface area contributed by atoms with Gasteiger partial charge < -0.3 is 8.23 Å². The molecule has 3 rings (SSSR count). The molecule has 0 aliphatic rings. The predicted octanol–water partition coefficient (Wildman–Crippen LogP) is -0.0341. The summed E-state index contributed by atoms with van der Waals surface area (Å²) in [5.74, 6) is 0. The van der Waals surface area contributed by atoms with Gasteiger partial charge in [0.1, 0.15) is 0 Å². The van der Waals surface area contributed by atoms with Gasteiger partial charge in [-0.1, -0.05) is 91.0 Å². The van der Waals surface area contributed by atoms with Crippen LogP contribution in [-0.2, 0) is 8.23 Å². The highest BCUT2D eigenvalue weighted by molar-refractivity contribution is 6.73. The topological polar surface area (TPSA) is 18.5 Å². The number of hydrogen-bond donors (Lipinski definition) is 0. The third-order valence-corrected chi connectivity index (χ3v) is 9.85. The summed E-state index contributed by atoms with van der Waals surface area (Å²) in [4.78, 5) is 0. The molecular formula is C18H20O2Si3. The maximum Gasteiger partial charge on any atom is 0.335 e. The highest BCUT2D eigenvalue weighted by atomic mass is 28.4. The zero-order valence-electron chi connectivity index (χ0n) is 13.0. The quantitative estimate of drug-likeness (QED) is 0.556. The summed E-state index contributed by atoms with van der Waals surface area (Å²) in [5, 5.41) is 3.89. The molecule has 0 bridgehead atoms. The molecule has 0 N–H and O–H groups in total. The number of benzene rings is 3. The Hall–Kier alpha value is -1.77. The normalized spacial score (nSPS) is 13.0. The SMILES string of the molecule is c1ccc([SiH2]O[SiH](O[SiH2]c2ccccc2)c2ccccc2)cc1. The second-order valence-corrected chi connectivity index (χ2v) is 11.5. The molecule has 116 valence electrons. The first-order valence-corrected chi connectivity index (χ1v) is 11.9. The van der Waals surface area contributed by atoms with Gasteiger partial charge in [-0.05, 0) is 15.6 Å². The zero-order chi connectivity index (χ0) is 15.7. The number of hydrogen-bond acceptors (Lipinski definition) is 2. The Morgan fingerprint density at radius 2 is 0.913 bits per heavy atom. The average Bonchev–Trinajstić information content (AvgIpc) is 2.64. The van der Waals surface area contributed by atoms with Crippen LogP contribution in [0, 0.1) is 0 Å². The Labute approximate surface area is 143 Å². The van der Waals surface area contributed by atoms with Crippen LogP contribution in [0.3, 0.4) is 0 Å². The minimum atomic E-state index is -1.81. The lowest BCUT2D eigenvalue weighted by molar-refractivity contribution is 0.480. The first-order valence-electron chi connectivity index (χ1n) is 7.78. The van der Waals surface area contributed by atoms with E-state index in [0.717, 1.165) is 0 Å². The summed E-state index contributed by atoms with van der Waals surface area (Å²) in [6.45, 7) is 0. The monoisotopic (exact) mass is 352 g/mol. The first kappa shape index (κ1) is 16.1. The van der Waals surface area contributed by atoms with Gasteiger partial charge in [0.25, 0.3) is 0 Å². The molecule has 0 heterocycles. The molecule has 5 heteroatoms. The maximum atomic E-state index is 6.33. The summed E-state index contributed by atoms with van der Waals surface area (Å²) >= 11 is 0. The molecule has 0 atom stereocenters. The highest BCUT2D eigenvalue weighted by Gasteiger charge is 2.16. The van der Waals surface area contributed by atoms with Gasteiger partial charge in [0, 0.05) is 0 Å².